The van der Waals surface area contributed by atoms with Crippen LogP contribution in [0.3, 0.4) is 0 Å². The fraction of sp³-hybridized carbons (Fsp3) is 0.615. The van der Waals surface area contributed by atoms with E-state index < -0.39 is 18.1 Å². The Bertz CT molecular complexity index is 455. The Labute approximate surface area is 116 Å². The van der Waals surface area contributed by atoms with E-state index in [-0.39, 0.29) is 0 Å². The molecule has 5 nitrogen and oxygen atoms in total. The average Bonchev–Trinajstić information content (AvgIpc) is 2.97. The molecule has 4 N–H and O–H groups in total. The van der Waals surface area contributed by atoms with Crippen LogP contribution in [0, 0.1) is 6.92 Å². The van der Waals surface area contributed by atoms with Crippen LogP contribution in [-0.4, -0.2) is 40.2 Å². The second-order valence-corrected chi connectivity index (χ2v) is 6.22. The van der Waals surface area contributed by atoms with Gasteiger partial charge in [0.2, 0.25) is 0 Å². The molecule has 0 bridgehead atoms. The van der Waals surface area contributed by atoms with Crippen molar-refractivity contribution in [2.24, 2.45) is 5.73 Å². The first kappa shape index (κ1) is 14.5. The van der Waals surface area contributed by atoms with Crippen molar-refractivity contribution in [2.45, 2.75) is 38.5 Å². The van der Waals surface area contributed by atoms with E-state index in [1.54, 1.807) is 0 Å². The molecule has 1 aromatic heterocycles. The van der Waals surface area contributed by atoms with Gasteiger partial charge < -0.3 is 15.9 Å². The van der Waals surface area contributed by atoms with E-state index >= 15 is 0 Å². The molecule has 0 amide bonds. The molecule has 2 unspecified atom stereocenters. The van der Waals surface area contributed by atoms with Crippen LogP contribution in [-0.2, 0) is 11.3 Å². The van der Waals surface area contributed by atoms with Gasteiger partial charge in [0, 0.05) is 16.3 Å². The second-order valence-electron chi connectivity index (χ2n) is 5.05. The number of aliphatic carboxylic acids is 1. The predicted octanol–water partition coefficient (Wildman–Crippen LogP) is 1.10. The standard InChI is InChI=1S/C13H20N2O3S/c1-8-6-9(7-15-4-2-3-5-15)19-12(8)11(16)10(14)13(17)18/h6,10-11,16H,2-5,7,14H2,1H3,(H,17,18). The van der Waals surface area contributed by atoms with Crippen molar-refractivity contribution in [1.82, 2.24) is 4.90 Å². The van der Waals surface area contributed by atoms with Crippen molar-refractivity contribution in [3.8, 4) is 0 Å². The van der Waals surface area contributed by atoms with Gasteiger partial charge in [-0.25, -0.2) is 0 Å². The summed E-state index contributed by atoms with van der Waals surface area (Å²) < 4.78 is 0. The van der Waals surface area contributed by atoms with Crippen molar-refractivity contribution < 1.29 is 15.0 Å². The molecule has 2 heterocycles. The molecule has 1 aromatic rings. The summed E-state index contributed by atoms with van der Waals surface area (Å²) in [7, 11) is 0. The molecule has 0 radical (unpaired) electrons. The molecule has 0 aliphatic carbocycles. The summed E-state index contributed by atoms with van der Waals surface area (Å²) >= 11 is 1.47. The minimum Gasteiger partial charge on any atom is -0.480 e. The zero-order chi connectivity index (χ0) is 14.0. The number of aryl methyl sites for hydroxylation is 1. The predicted molar refractivity (Wildman–Crippen MR) is 74.1 cm³/mol. The van der Waals surface area contributed by atoms with Gasteiger partial charge in [-0.05, 0) is 44.5 Å². The third-order valence-corrected chi connectivity index (χ3v) is 4.77. The number of aliphatic hydroxyl groups excluding tert-OH is 1. The van der Waals surface area contributed by atoms with Gasteiger partial charge >= 0.3 is 5.97 Å². The number of hydrogen-bond donors (Lipinski definition) is 3. The zero-order valence-corrected chi connectivity index (χ0v) is 11.8. The summed E-state index contributed by atoms with van der Waals surface area (Å²) in [5, 5.41) is 18.9. The third kappa shape index (κ3) is 3.33. The van der Waals surface area contributed by atoms with Crippen LogP contribution in [0.1, 0.15) is 34.3 Å². The highest BCUT2D eigenvalue weighted by Crippen LogP contribution is 2.30. The lowest BCUT2D eigenvalue weighted by molar-refractivity contribution is -0.141. The lowest BCUT2D eigenvalue weighted by Crippen LogP contribution is -2.36. The lowest BCUT2D eigenvalue weighted by Gasteiger charge is -2.14. The first-order chi connectivity index (χ1) is 8.99. The number of aliphatic hydroxyl groups is 1. The molecular formula is C13H20N2O3S. The Hall–Kier alpha value is -0.950. The number of carboxylic acids is 1. The quantitative estimate of drug-likeness (QED) is 0.753. The molecule has 1 fully saturated rings. The largest absolute Gasteiger partial charge is 0.480 e. The average molecular weight is 284 g/mol. The summed E-state index contributed by atoms with van der Waals surface area (Å²) in [4.78, 5) is 15.0. The van der Waals surface area contributed by atoms with Crippen molar-refractivity contribution in [2.75, 3.05) is 13.1 Å². The normalized spacial score (nSPS) is 19.5. The summed E-state index contributed by atoms with van der Waals surface area (Å²) in [6, 6.07) is 0.757. The first-order valence-electron chi connectivity index (χ1n) is 6.47. The number of carbonyl (C=O) groups is 1. The minimum absolute atomic E-state index is 0.670. The third-order valence-electron chi connectivity index (χ3n) is 3.48. The maximum atomic E-state index is 10.8. The number of carboxylic acid groups (broad SMARTS) is 1. The molecule has 0 aromatic carbocycles. The van der Waals surface area contributed by atoms with Crippen LogP contribution in [0.2, 0.25) is 0 Å². The Morgan fingerprint density at radius 1 is 1.53 bits per heavy atom. The Morgan fingerprint density at radius 2 is 2.16 bits per heavy atom. The summed E-state index contributed by atoms with van der Waals surface area (Å²) in [6.45, 7) is 4.99. The zero-order valence-electron chi connectivity index (χ0n) is 11.0. The fourth-order valence-corrected chi connectivity index (χ4v) is 3.65. The van der Waals surface area contributed by atoms with E-state index in [0.717, 1.165) is 30.1 Å². The number of thiophene rings is 1. The molecular weight excluding hydrogens is 264 g/mol. The lowest BCUT2D eigenvalue weighted by atomic mass is 10.1. The highest BCUT2D eigenvalue weighted by atomic mass is 32.1. The van der Waals surface area contributed by atoms with E-state index in [9.17, 15) is 9.90 Å². The van der Waals surface area contributed by atoms with E-state index in [0.29, 0.717) is 4.88 Å². The number of nitrogens with zero attached hydrogens (tertiary/aromatic N) is 1. The molecule has 1 saturated heterocycles. The highest BCUT2D eigenvalue weighted by Gasteiger charge is 2.27. The number of hydrogen-bond acceptors (Lipinski definition) is 5. The van der Waals surface area contributed by atoms with Gasteiger partial charge in [0.25, 0.3) is 0 Å². The summed E-state index contributed by atoms with van der Waals surface area (Å²) in [6.07, 6.45) is 1.35. The van der Waals surface area contributed by atoms with Gasteiger partial charge in [-0.1, -0.05) is 0 Å². The van der Waals surface area contributed by atoms with Gasteiger partial charge in [0.15, 0.2) is 0 Å². The van der Waals surface area contributed by atoms with Crippen molar-refractivity contribution >= 4 is 17.3 Å². The number of rotatable bonds is 5. The molecule has 1 aliphatic rings. The van der Waals surface area contributed by atoms with E-state index in [4.69, 9.17) is 10.8 Å². The van der Waals surface area contributed by atoms with Gasteiger partial charge in [0.1, 0.15) is 12.1 Å². The van der Waals surface area contributed by atoms with Gasteiger partial charge in [-0.15, -0.1) is 11.3 Å². The van der Waals surface area contributed by atoms with Crippen LogP contribution in [0.4, 0.5) is 0 Å². The maximum Gasteiger partial charge on any atom is 0.323 e. The van der Waals surface area contributed by atoms with Crippen molar-refractivity contribution in [3.63, 3.8) is 0 Å². The van der Waals surface area contributed by atoms with Crippen molar-refractivity contribution in [3.05, 3.63) is 21.4 Å². The molecule has 19 heavy (non-hydrogen) atoms. The van der Waals surface area contributed by atoms with Crippen LogP contribution in [0.5, 0.6) is 0 Å². The highest BCUT2D eigenvalue weighted by molar-refractivity contribution is 7.12. The SMILES string of the molecule is Cc1cc(CN2CCCC2)sc1C(O)C(N)C(=O)O. The molecule has 2 atom stereocenters. The summed E-state index contributed by atoms with van der Waals surface area (Å²) in [5.74, 6) is -1.18. The minimum atomic E-state index is -1.27. The van der Waals surface area contributed by atoms with Gasteiger partial charge in [-0.2, -0.15) is 0 Å². The number of nitrogens with two attached hydrogens (primary N) is 1. The van der Waals surface area contributed by atoms with Crippen LogP contribution in [0.25, 0.3) is 0 Å². The summed E-state index contributed by atoms with van der Waals surface area (Å²) in [5.41, 5.74) is 6.40. The Morgan fingerprint density at radius 3 is 2.74 bits per heavy atom. The molecule has 0 saturated carbocycles. The van der Waals surface area contributed by atoms with Crippen LogP contribution in [0.15, 0.2) is 6.07 Å². The van der Waals surface area contributed by atoms with E-state index in [1.165, 1.54) is 24.2 Å². The molecule has 106 valence electrons. The van der Waals surface area contributed by atoms with E-state index in [2.05, 4.69) is 4.90 Å². The monoisotopic (exact) mass is 284 g/mol. The Balaban J connectivity index is 2.09. The fourth-order valence-electron chi connectivity index (χ4n) is 2.39. The van der Waals surface area contributed by atoms with Gasteiger partial charge in [-0.3, -0.25) is 9.69 Å². The second kappa shape index (κ2) is 6.00. The maximum absolute atomic E-state index is 10.8. The smallest absolute Gasteiger partial charge is 0.323 e. The number of likely N-dealkylation sites (tertiary alicyclic amines) is 1. The van der Waals surface area contributed by atoms with Crippen molar-refractivity contribution in [1.29, 1.82) is 0 Å². The molecule has 0 spiro atoms. The Kier molecular flexibility index (Phi) is 4.57. The van der Waals surface area contributed by atoms with Crippen LogP contribution < -0.4 is 5.73 Å². The topological polar surface area (TPSA) is 86.8 Å². The molecule has 6 heteroatoms. The molecule has 2 rings (SSSR count). The van der Waals surface area contributed by atoms with Gasteiger partial charge in [0.05, 0.1) is 0 Å². The van der Waals surface area contributed by atoms with E-state index in [1.807, 2.05) is 13.0 Å². The molecule has 1 aliphatic heterocycles. The first-order valence-corrected chi connectivity index (χ1v) is 7.28. The van der Waals surface area contributed by atoms with Crippen LogP contribution >= 0.6 is 11.3 Å².